The van der Waals surface area contributed by atoms with Crippen LogP contribution in [-0.2, 0) is 33.3 Å². The molecule has 224 valence electrons. The Balaban J connectivity index is 1.79. The predicted octanol–water partition coefficient (Wildman–Crippen LogP) is 2.62. The molecule has 3 aliphatic carbocycles. The Labute approximate surface area is 239 Å². The molecule has 0 spiro atoms. The summed E-state index contributed by atoms with van der Waals surface area (Å²) in [7, 11) is 0. The van der Waals surface area contributed by atoms with Crippen molar-refractivity contribution in [3.05, 3.63) is 35.9 Å². The molecule has 3 saturated carbocycles. The Bertz CT molecular complexity index is 1240. The van der Waals surface area contributed by atoms with Gasteiger partial charge in [0.25, 0.3) is 0 Å². The first-order valence-corrected chi connectivity index (χ1v) is 14.3. The van der Waals surface area contributed by atoms with Crippen LogP contribution in [0.25, 0.3) is 0 Å². The number of aliphatic hydroxyl groups excluding tert-OH is 1. The van der Waals surface area contributed by atoms with Gasteiger partial charge in [0.1, 0.15) is 17.8 Å². The summed E-state index contributed by atoms with van der Waals surface area (Å²) in [5, 5.41) is 24.6. The summed E-state index contributed by atoms with van der Waals surface area (Å²) in [6.45, 7) is 9.38. The number of carbonyl (C=O) groups excluding carboxylic acids is 4. The van der Waals surface area contributed by atoms with E-state index in [-0.39, 0.29) is 30.9 Å². The number of hydrogen-bond acceptors (Lipinski definition) is 10. The van der Waals surface area contributed by atoms with E-state index in [1.807, 2.05) is 6.92 Å². The van der Waals surface area contributed by atoms with Crippen molar-refractivity contribution in [1.29, 1.82) is 0 Å². The summed E-state index contributed by atoms with van der Waals surface area (Å²) >= 11 is 0. The fraction of sp³-hybridized carbons (Fsp3) is 0.677. The number of esters is 3. The number of aliphatic hydroxyl groups is 2. The Morgan fingerprint density at radius 3 is 2.24 bits per heavy atom. The molecule has 41 heavy (non-hydrogen) atoms. The van der Waals surface area contributed by atoms with Crippen LogP contribution >= 0.6 is 0 Å². The molecule has 6 unspecified atom stereocenters. The second-order valence-corrected chi connectivity index (χ2v) is 13.1. The fourth-order valence-corrected chi connectivity index (χ4v) is 8.51. The van der Waals surface area contributed by atoms with Gasteiger partial charge in [-0.3, -0.25) is 14.4 Å². The molecule has 0 amide bonds. The van der Waals surface area contributed by atoms with Gasteiger partial charge >= 0.3 is 17.9 Å². The molecule has 1 aromatic carbocycles. The van der Waals surface area contributed by atoms with E-state index in [1.165, 1.54) is 20.8 Å². The first-order valence-electron chi connectivity index (χ1n) is 14.3. The van der Waals surface area contributed by atoms with Crippen LogP contribution in [0.15, 0.2) is 30.3 Å². The first-order chi connectivity index (χ1) is 19.1. The average molecular weight is 573 g/mol. The minimum atomic E-state index is -1.77. The number of fused-ring (bicyclic) bond motifs is 5. The highest BCUT2D eigenvalue weighted by atomic mass is 16.6. The molecule has 10 atom stereocenters. The lowest BCUT2D eigenvalue weighted by atomic mass is 9.42. The van der Waals surface area contributed by atoms with Crippen molar-refractivity contribution in [3.8, 4) is 0 Å². The molecule has 10 nitrogen and oxygen atoms in total. The summed E-state index contributed by atoms with van der Waals surface area (Å²) in [5.41, 5.74) is -5.91. The molecule has 10 heteroatoms. The van der Waals surface area contributed by atoms with Crippen LogP contribution in [0, 0.1) is 28.6 Å². The Hall–Kier alpha value is -2.82. The molecule has 2 bridgehead atoms. The Morgan fingerprint density at radius 2 is 1.68 bits per heavy atom. The molecule has 0 radical (unpaired) electrons. The number of benzene rings is 1. The summed E-state index contributed by atoms with van der Waals surface area (Å²) < 4.78 is 23.8. The van der Waals surface area contributed by atoms with Gasteiger partial charge in [0, 0.05) is 31.6 Å². The van der Waals surface area contributed by atoms with Crippen molar-refractivity contribution >= 4 is 23.7 Å². The number of rotatable bonds is 4. The smallest absolute Gasteiger partial charge is 0.338 e. The van der Waals surface area contributed by atoms with E-state index in [4.69, 9.17) is 18.9 Å². The SMILES string of the molecule is CC(=O)OC1C(=O)C2(C)C(O)C[C@H]3OC[C@@]3(OC(C)=O)[C@H]2[C@H](OC(=O)c2ccccc2)C2(O)CCC(C)C1C2(C)C. The van der Waals surface area contributed by atoms with Crippen molar-refractivity contribution in [3.63, 3.8) is 0 Å². The molecule has 5 rings (SSSR count). The third kappa shape index (κ3) is 4.16. The number of ether oxygens (including phenoxy) is 4. The quantitative estimate of drug-likeness (QED) is 0.408. The highest BCUT2D eigenvalue weighted by Crippen LogP contribution is 2.65. The van der Waals surface area contributed by atoms with Crippen molar-refractivity contribution in [2.24, 2.45) is 28.6 Å². The van der Waals surface area contributed by atoms with Gasteiger partial charge in [-0.15, -0.1) is 0 Å². The Morgan fingerprint density at radius 1 is 1.02 bits per heavy atom. The number of Topliss-reactive ketones (excluding diaryl/α,β-unsaturated/α-hetero) is 1. The number of carbonyl (C=O) groups is 4. The first kappa shape index (κ1) is 29.7. The van der Waals surface area contributed by atoms with Crippen LogP contribution in [0.4, 0.5) is 0 Å². The van der Waals surface area contributed by atoms with Crippen molar-refractivity contribution in [2.75, 3.05) is 6.61 Å². The van der Waals surface area contributed by atoms with Gasteiger partial charge in [-0.2, -0.15) is 0 Å². The van der Waals surface area contributed by atoms with Crippen molar-refractivity contribution in [2.45, 2.75) is 96.4 Å². The van der Waals surface area contributed by atoms with Crippen LogP contribution in [0.3, 0.4) is 0 Å². The zero-order valence-corrected chi connectivity index (χ0v) is 24.4. The maximum Gasteiger partial charge on any atom is 0.338 e. The lowest BCUT2D eigenvalue weighted by Gasteiger charge is -2.68. The lowest BCUT2D eigenvalue weighted by Crippen LogP contribution is -2.82. The van der Waals surface area contributed by atoms with Gasteiger partial charge in [0.15, 0.2) is 17.5 Å². The van der Waals surface area contributed by atoms with Crippen LogP contribution < -0.4 is 0 Å². The van der Waals surface area contributed by atoms with E-state index < -0.39 is 82.0 Å². The van der Waals surface area contributed by atoms with Gasteiger partial charge in [-0.1, -0.05) is 39.0 Å². The molecular weight excluding hydrogens is 532 g/mol. The predicted molar refractivity (Wildman–Crippen MR) is 143 cm³/mol. The monoisotopic (exact) mass is 572 g/mol. The highest BCUT2D eigenvalue weighted by molar-refractivity contribution is 5.93. The summed E-state index contributed by atoms with van der Waals surface area (Å²) in [6, 6.07) is 8.29. The normalized spacial score (nSPS) is 42.7. The third-order valence-corrected chi connectivity index (χ3v) is 10.7. The molecule has 4 aliphatic rings. The standard InChI is InChI=1S/C31H40O10/c1-16-12-13-31(37)26(40-27(36)19-10-8-7-9-11-19)24-29(6,20(34)14-21-30(24,15-38-21)41-18(3)33)25(35)23(39-17(2)32)22(16)28(31,4)5/h7-11,16,20-24,26,34,37H,12-15H2,1-6H3/t16?,20?,21-,22?,23?,24+,26+,29?,30+,31?/m1/s1. The zero-order chi connectivity index (χ0) is 30.1. The molecule has 2 N–H and O–H groups in total. The summed E-state index contributed by atoms with van der Waals surface area (Å²) in [6.07, 6.45) is -4.25. The fourth-order valence-electron chi connectivity index (χ4n) is 8.51. The maximum absolute atomic E-state index is 14.8. The molecule has 1 aliphatic heterocycles. The van der Waals surface area contributed by atoms with Crippen molar-refractivity contribution < 1.29 is 48.3 Å². The average Bonchev–Trinajstić information content (AvgIpc) is 2.89. The van der Waals surface area contributed by atoms with E-state index in [1.54, 1.807) is 44.2 Å². The number of hydrogen-bond donors (Lipinski definition) is 2. The van der Waals surface area contributed by atoms with Gasteiger partial charge in [-0.05, 0) is 37.8 Å². The molecule has 4 fully saturated rings. The van der Waals surface area contributed by atoms with Crippen LogP contribution in [0.1, 0.15) is 71.2 Å². The van der Waals surface area contributed by atoms with Gasteiger partial charge in [-0.25, -0.2) is 4.79 Å². The van der Waals surface area contributed by atoms with E-state index in [2.05, 4.69) is 0 Å². The second kappa shape index (κ2) is 9.88. The molecule has 1 aromatic rings. The maximum atomic E-state index is 14.8. The summed E-state index contributed by atoms with van der Waals surface area (Å²) in [4.78, 5) is 53.4. The molecular formula is C31H40O10. The van der Waals surface area contributed by atoms with E-state index >= 15 is 0 Å². The number of ketones is 1. The molecule has 0 aromatic heterocycles. The van der Waals surface area contributed by atoms with E-state index in [0.717, 1.165) is 0 Å². The Kier molecular flexibility index (Phi) is 7.15. The van der Waals surface area contributed by atoms with Crippen LogP contribution in [0.2, 0.25) is 0 Å². The van der Waals surface area contributed by atoms with E-state index in [0.29, 0.717) is 6.42 Å². The third-order valence-electron chi connectivity index (χ3n) is 10.7. The zero-order valence-electron chi connectivity index (χ0n) is 24.4. The molecule has 1 saturated heterocycles. The highest BCUT2D eigenvalue weighted by Gasteiger charge is 2.78. The topological polar surface area (TPSA) is 146 Å². The van der Waals surface area contributed by atoms with Crippen LogP contribution in [0.5, 0.6) is 0 Å². The van der Waals surface area contributed by atoms with Crippen molar-refractivity contribution in [1.82, 2.24) is 0 Å². The largest absolute Gasteiger partial charge is 0.455 e. The van der Waals surface area contributed by atoms with E-state index in [9.17, 15) is 29.4 Å². The van der Waals surface area contributed by atoms with Gasteiger partial charge < -0.3 is 29.2 Å². The minimum Gasteiger partial charge on any atom is -0.455 e. The molecule has 1 heterocycles. The summed E-state index contributed by atoms with van der Waals surface area (Å²) in [5.74, 6) is -4.64. The minimum absolute atomic E-state index is 0.0415. The lowest BCUT2D eigenvalue weighted by molar-refractivity contribution is -0.352. The second-order valence-electron chi connectivity index (χ2n) is 13.1. The van der Waals surface area contributed by atoms with Gasteiger partial charge in [0.05, 0.1) is 29.6 Å². The van der Waals surface area contributed by atoms with Crippen LogP contribution in [-0.4, -0.2) is 76.1 Å². The van der Waals surface area contributed by atoms with Gasteiger partial charge in [0.2, 0.25) is 0 Å².